The van der Waals surface area contributed by atoms with Crippen molar-refractivity contribution in [1.29, 1.82) is 0 Å². The maximum absolute atomic E-state index is 12.6. The molecule has 1 N–H and O–H groups in total. The molecule has 26 heavy (non-hydrogen) atoms. The van der Waals surface area contributed by atoms with Gasteiger partial charge in [-0.1, -0.05) is 32.9 Å². The average molecular weight is 372 g/mol. The Labute approximate surface area is 154 Å². The summed E-state index contributed by atoms with van der Waals surface area (Å²) in [6.45, 7) is 9.06. The van der Waals surface area contributed by atoms with Gasteiger partial charge in [-0.2, -0.15) is 0 Å². The van der Waals surface area contributed by atoms with E-state index in [0.717, 1.165) is 16.7 Å². The van der Waals surface area contributed by atoms with Crippen molar-refractivity contribution < 1.29 is 8.42 Å². The maximum Gasteiger partial charge on any atom is 0.240 e. The highest BCUT2D eigenvalue weighted by Gasteiger charge is 2.19. The van der Waals surface area contributed by atoms with Crippen LogP contribution >= 0.6 is 0 Å². The van der Waals surface area contributed by atoms with Crippen LogP contribution in [0.15, 0.2) is 47.5 Å². The third-order valence-electron chi connectivity index (χ3n) is 4.35. The molecule has 3 aromatic rings. The molecule has 0 aliphatic rings. The van der Waals surface area contributed by atoms with Gasteiger partial charge in [0.25, 0.3) is 0 Å². The van der Waals surface area contributed by atoms with Gasteiger partial charge in [-0.05, 0) is 42.2 Å². The molecule has 1 aromatic carbocycles. The van der Waals surface area contributed by atoms with Crippen LogP contribution in [0.4, 0.5) is 0 Å². The van der Waals surface area contributed by atoms with E-state index in [0.29, 0.717) is 12.4 Å². The Bertz CT molecular complexity index is 1020. The molecule has 0 amide bonds. The molecule has 0 saturated heterocycles. The quantitative estimate of drug-likeness (QED) is 0.746. The number of aromatic nitrogens is 3. The first-order valence-electron chi connectivity index (χ1n) is 8.62. The molecule has 0 atom stereocenters. The zero-order valence-corrected chi connectivity index (χ0v) is 16.3. The summed E-state index contributed by atoms with van der Waals surface area (Å²) in [5.74, 6) is 0.649. The third-order valence-corrected chi connectivity index (χ3v) is 5.77. The molecule has 0 fully saturated rings. The van der Waals surface area contributed by atoms with Crippen LogP contribution in [0.2, 0.25) is 0 Å². The van der Waals surface area contributed by atoms with Crippen LogP contribution in [0.1, 0.15) is 39.1 Å². The van der Waals surface area contributed by atoms with Crippen molar-refractivity contribution in [1.82, 2.24) is 19.3 Å². The first-order valence-corrected chi connectivity index (χ1v) is 10.1. The van der Waals surface area contributed by atoms with Gasteiger partial charge >= 0.3 is 0 Å². The lowest BCUT2D eigenvalue weighted by molar-refractivity contribution is 0.573. The lowest BCUT2D eigenvalue weighted by atomic mass is 9.87. The lowest BCUT2D eigenvalue weighted by Crippen LogP contribution is -2.25. The van der Waals surface area contributed by atoms with Crippen molar-refractivity contribution in [2.75, 3.05) is 0 Å². The molecule has 0 bridgehead atoms. The van der Waals surface area contributed by atoms with E-state index >= 15 is 0 Å². The Morgan fingerprint density at radius 2 is 1.81 bits per heavy atom. The van der Waals surface area contributed by atoms with E-state index in [1.165, 1.54) is 0 Å². The molecule has 2 heterocycles. The fraction of sp³-hybridized carbons (Fsp3) is 0.368. The average Bonchev–Trinajstić information content (AvgIpc) is 2.97. The number of hydrogen-bond acceptors (Lipinski definition) is 4. The SMILES string of the molecule is CCn1c(CNS(=O)(=O)c2ccc(C(C)(C)C)cc2)nc2cccnc21. The number of benzene rings is 1. The Kier molecular flexibility index (Phi) is 4.86. The summed E-state index contributed by atoms with van der Waals surface area (Å²) in [5, 5.41) is 0. The molecule has 2 aromatic heterocycles. The van der Waals surface area contributed by atoms with Crippen LogP contribution in [0.5, 0.6) is 0 Å². The molecule has 0 saturated carbocycles. The number of imidazole rings is 1. The first kappa shape index (κ1) is 18.5. The van der Waals surface area contributed by atoms with Crippen molar-refractivity contribution in [3.63, 3.8) is 0 Å². The molecule has 0 radical (unpaired) electrons. The summed E-state index contributed by atoms with van der Waals surface area (Å²) in [4.78, 5) is 9.08. The normalized spacial score (nSPS) is 12.6. The van der Waals surface area contributed by atoms with Gasteiger partial charge in [0, 0.05) is 12.7 Å². The number of aryl methyl sites for hydroxylation is 1. The molecule has 3 rings (SSSR count). The Morgan fingerprint density at radius 3 is 2.42 bits per heavy atom. The van der Waals surface area contributed by atoms with E-state index in [1.807, 2.05) is 35.8 Å². The van der Waals surface area contributed by atoms with E-state index in [1.54, 1.807) is 18.3 Å². The third kappa shape index (κ3) is 3.64. The summed E-state index contributed by atoms with van der Waals surface area (Å²) in [6.07, 6.45) is 1.71. The molecule has 0 aliphatic carbocycles. The zero-order valence-electron chi connectivity index (χ0n) is 15.5. The molecule has 0 aliphatic heterocycles. The number of sulfonamides is 1. The van der Waals surface area contributed by atoms with Crippen molar-refractivity contribution in [2.24, 2.45) is 0 Å². The second-order valence-corrected chi connectivity index (χ2v) is 8.98. The Hall–Kier alpha value is -2.25. The highest BCUT2D eigenvalue weighted by molar-refractivity contribution is 7.89. The van der Waals surface area contributed by atoms with Crippen LogP contribution < -0.4 is 4.72 Å². The van der Waals surface area contributed by atoms with Gasteiger partial charge in [0.1, 0.15) is 11.3 Å². The molecule has 138 valence electrons. The topological polar surface area (TPSA) is 76.9 Å². The minimum atomic E-state index is -3.61. The van der Waals surface area contributed by atoms with Gasteiger partial charge in [0.2, 0.25) is 10.0 Å². The van der Waals surface area contributed by atoms with E-state index in [9.17, 15) is 8.42 Å². The van der Waals surface area contributed by atoms with E-state index in [-0.39, 0.29) is 16.9 Å². The summed E-state index contributed by atoms with van der Waals surface area (Å²) in [5.41, 5.74) is 2.60. The first-order chi connectivity index (χ1) is 12.2. The number of pyridine rings is 1. The van der Waals surface area contributed by atoms with Crippen LogP contribution in [-0.2, 0) is 28.5 Å². The molecule has 6 nitrogen and oxygen atoms in total. The van der Waals surface area contributed by atoms with Gasteiger partial charge in [0.15, 0.2) is 5.65 Å². The minimum absolute atomic E-state index is 0.0191. The fourth-order valence-corrected chi connectivity index (χ4v) is 3.83. The Balaban J connectivity index is 1.83. The number of fused-ring (bicyclic) bond motifs is 1. The molecule has 7 heteroatoms. The highest BCUT2D eigenvalue weighted by atomic mass is 32.2. The van der Waals surface area contributed by atoms with Gasteiger partial charge in [-0.15, -0.1) is 0 Å². The second kappa shape index (κ2) is 6.81. The van der Waals surface area contributed by atoms with Gasteiger partial charge in [0.05, 0.1) is 11.4 Å². The minimum Gasteiger partial charge on any atom is -0.312 e. The van der Waals surface area contributed by atoms with Crippen molar-refractivity contribution >= 4 is 21.2 Å². The summed E-state index contributed by atoms with van der Waals surface area (Å²) in [7, 11) is -3.61. The molecule has 0 unspecified atom stereocenters. The van der Waals surface area contributed by atoms with Gasteiger partial charge in [-0.25, -0.2) is 23.1 Å². The van der Waals surface area contributed by atoms with Crippen LogP contribution in [-0.4, -0.2) is 23.0 Å². The van der Waals surface area contributed by atoms with Crippen LogP contribution in [0.3, 0.4) is 0 Å². The molecule has 0 spiro atoms. The fourth-order valence-electron chi connectivity index (χ4n) is 2.85. The number of nitrogens with zero attached hydrogens (tertiary/aromatic N) is 3. The van der Waals surface area contributed by atoms with Crippen molar-refractivity contribution in [3.8, 4) is 0 Å². The Morgan fingerprint density at radius 1 is 1.12 bits per heavy atom. The van der Waals surface area contributed by atoms with Gasteiger partial charge < -0.3 is 4.57 Å². The summed E-state index contributed by atoms with van der Waals surface area (Å²) < 4.78 is 29.8. The lowest BCUT2D eigenvalue weighted by Gasteiger charge is -2.19. The van der Waals surface area contributed by atoms with Crippen molar-refractivity contribution in [3.05, 3.63) is 54.0 Å². The predicted molar refractivity (Wildman–Crippen MR) is 102 cm³/mol. The standard InChI is InChI=1S/C19H24N4O2S/c1-5-23-17(22-16-7-6-12-20-18(16)23)13-21-26(24,25)15-10-8-14(9-11-15)19(2,3)4/h6-12,21H,5,13H2,1-4H3. The predicted octanol–water partition coefficient (Wildman–Crippen LogP) is 3.23. The number of rotatable bonds is 5. The maximum atomic E-state index is 12.6. The number of nitrogens with one attached hydrogen (secondary N) is 1. The smallest absolute Gasteiger partial charge is 0.240 e. The number of hydrogen-bond donors (Lipinski definition) is 1. The zero-order chi connectivity index (χ0) is 18.9. The summed E-state index contributed by atoms with van der Waals surface area (Å²) >= 11 is 0. The summed E-state index contributed by atoms with van der Waals surface area (Å²) in [6, 6.07) is 10.7. The molecular formula is C19H24N4O2S. The highest BCUT2D eigenvalue weighted by Crippen LogP contribution is 2.23. The van der Waals surface area contributed by atoms with Gasteiger partial charge in [-0.3, -0.25) is 0 Å². The monoisotopic (exact) mass is 372 g/mol. The van der Waals surface area contributed by atoms with Crippen LogP contribution in [0, 0.1) is 0 Å². The second-order valence-electron chi connectivity index (χ2n) is 7.22. The largest absolute Gasteiger partial charge is 0.312 e. The molecular weight excluding hydrogens is 348 g/mol. The van der Waals surface area contributed by atoms with E-state index < -0.39 is 10.0 Å². The van der Waals surface area contributed by atoms with Crippen LogP contribution in [0.25, 0.3) is 11.2 Å². The van der Waals surface area contributed by atoms with E-state index in [4.69, 9.17) is 0 Å². The van der Waals surface area contributed by atoms with E-state index in [2.05, 4.69) is 35.5 Å². The van der Waals surface area contributed by atoms with Crippen molar-refractivity contribution in [2.45, 2.75) is 51.1 Å².